The molecule has 1 saturated heterocycles. The van der Waals surface area contributed by atoms with Gasteiger partial charge in [0.1, 0.15) is 12.4 Å². The zero-order valence-electron chi connectivity index (χ0n) is 20.8. The standard InChI is InChI=1S/C28H36N4O2/c1-20(2)15-30(16-21(3)4)27(34)19-32-25-13-9-8-12-24(25)29-28(32)23-14-26(33)31(18-23)17-22-10-6-5-7-11-22/h5-13,20-21,23H,14-19H2,1-4H3. The molecule has 0 spiro atoms. The third kappa shape index (κ3) is 5.49. The Bertz CT molecular complexity index is 1130. The molecule has 0 radical (unpaired) electrons. The highest BCUT2D eigenvalue weighted by Gasteiger charge is 2.34. The molecule has 1 aliphatic heterocycles. The van der Waals surface area contributed by atoms with Gasteiger partial charge in [-0.25, -0.2) is 4.98 Å². The molecule has 34 heavy (non-hydrogen) atoms. The summed E-state index contributed by atoms with van der Waals surface area (Å²) >= 11 is 0. The predicted molar refractivity (Wildman–Crippen MR) is 135 cm³/mol. The van der Waals surface area contributed by atoms with E-state index in [1.165, 1.54) is 0 Å². The minimum absolute atomic E-state index is 0.0277. The Morgan fingerprint density at radius 3 is 2.32 bits per heavy atom. The third-order valence-corrected chi connectivity index (χ3v) is 6.30. The maximum Gasteiger partial charge on any atom is 0.242 e. The lowest BCUT2D eigenvalue weighted by Crippen LogP contribution is -2.39. The average Bonchev–Trinajstić information content (AvgIpc) is 3.34. The molecule has 1 aliphatic rings. The van der Waals surface area contributed by atoms with Gasteiger partial charge in [0.05, 0.1) is 11.0 Å². The number of hydrogen-bond donors (Lipinski definition) is 0. The molecule has 0 bridgehead atoms. The fourth-order valence-corrected chi connectivity index (χ4v) is 4.87. The number of nitrogens with zero attached hydrogens (tertiary/aromatic N) is 4. The summed E-state index contributed by atoms with van der Waals surface area (Å²) in [4.78, 5) is 35.1. The Kier molecular flexibility index (Phi) is 7.35. The molecule has 1 fully saturated rings. The van der Waals surface area contributed by atoms with Crippen molar-refractivity contribution < 1.29 is 9.59 Å². The van der Waals surface area contributed by atoms with Crippen molar-refractivity contribution in [3.05, 3.63) is 66.0 Å². The first-order chi connectivity index (χ1) is 16.3. The molecule has 1 unspecified atom stereocenters. The molecule has 1 aromatic heterocycles. The van der Waals surface area contributed by atoms with E-state index < -0.39 is 0 Å². The van der Waals surface area contributed by atoms with Gasteiger partial charge in [0.25, 0.3) is 0 Å². The first kappa shape index (κ1) is 24.0. The van der Waals surface area contributed by atoms with Crippen LogP contribution in [0.25, 0.3) is 11.0 Å². The number of para-hydroxylation sites is 2. The van der Waals surface area contributed by atoms with E-state index in [4.69, 9.17) is 4.98 Å². The molecule has 2 heterocycles. The summed E-state index contributed by atoms with van der Waals surface area (Å²) in [6.07, 6.45) is 0.423. The van der Waals surface area contributed by atoms with Gasteiger partial charge in [-0.1, -0.05) is 70.2 Å². The van der Waals surface area contributed by atoms with Crippen molar-refractivity contribution in [1.82, 2.24) is 19.4 Å². The zero-order chi connectivity index (χ0) is 24.2. The van der Waals surface area contributed by atoms with Crippen molar-refractivity contribution in [3.8, 4) is 0 Å². The molecule has 1 atom stereocenters. The molecule has 4 rings (SSSR count). The first-order valence-corrected chi connectivity index (χ1v) is 12.4. The molecular weight excluding hydrogens is 424 g/mol. The first-order valence-electron chi connectivity index (χ1n) is 12.4. The van der Waals surface area contributed by atoms with Crippen LogP contribution in [0.15, 0.2) is 54.6 Å². The van der Waals surface area contributed by atoms with Crippen LogP contribution < -0.4 is 0 Å². The van der Waals surface area contributed by atoms with Crippen LogP contribution in [0.1, 0.15) is 51.4 Å². The fourth-order valence-electron chi connectivity index (χ4n) is 4.87. The van der Waals surface area contributed by atoms with E-state index in [0.717, 1.165) is 35.5 Å². The smallest absolute Gasteiger partial charge is 0.242 e. The van der Waals surface area contributed by atoms with Crippen molar-refractivity contribution in [2.45, 2.75) is 53.1 Å². The lowest BCUT2D eigenvalue weighted by Gasteiger charge is -2.27. The second-order valence-corrected chi connectivity index (χ2v) is 10.3. The Labute approximate surface area is 202 Å². The number of imidazole rings is 1. The van der Waals surface area contributed by atoms with Crippen LogP contribution in [0, 0.1) is 11.8 Å². The summed E-state index contributed by atoms with van der Waals surface area (Å²) in [5.74, 6) is 1.87. The second-order valence-electron chi connectivity index (χ2n) is 10.3. The van der Waals surface area contributed by atoms with Gasteiger partial charge in [0.2, 0.25) is 11.8 Å². The quantitative estimate of drug-likeness (QED) is 0.465. The predicted octanol–water partition coefficient (Wildman–Crippen LogP) is 4.69. The molecule has 3 aromatic rings. The van der Waals surface area contributed by atoms with E-state index in [1.807, 2.05) is 64.4 Å². The molecule has 6 heteroatoms. The Balaban J connectivity index is 1.60. The van der Waals surface area contributed by atoms with Gasteiger partial charge in [-0.05, 0) is 29.5 Å². The number of carbonyl (C=O) groups excluding carboxylic acids is 2. The molecule has 0 N–H and O–H groups in total. The minimum atomic E-state index is -0.0277. The number of amides is 2. The number of carbonyl (C=O) groups is 2. The van der Waals surface area contributed by atoms with Crippen molar-refractivity contribution in [1.29, 1.82) is 0 Å². The summed E-state index contributed by atoms with van der Waals surface area (Å²) in [5.41, 5.74) is 2.95. The van der Waals surface area contributed by atoms with Crippen LogP contribution >= 0.6 is 0 Å². The number of hydrogen-bond acceptors (Lipinski definition) is 3. The van der Waals surface area contributed by atoms with Gasteiger partial charge in [-0.2, -0.15) is 0 Å². The molecule has 0 saturated carbocycles. The van der Waals surface area contributed by atoms with E-state index in [9.17, 15) is 9.59 Å². The molecule has 180 valence electrons. The molecule has 2 aromatic carbocycles. The van der Waals surface area contributed by atoms with Crippen LogP contribution in [-0.2, 0) is 22.7 Å². The van der Waals surface area contributed by atoms with Gasteiger partial charge in [-0.3, -0.25) is 9.59 Å². The van der Waals surface area contributed by atoms with Gasteiger partial charge >= 0.3 is 0 Å². The SMILES string of the molecule is CC(C)CN(CC(C)C)C(=O)Cn1c(C2CC(=O)N(Cc3ccccc3)C2)nc2ccccc21. The summed E-state index contributed by atoms with van der Waals surface area (Å²) < 4.78 is 2.05. The molecule has 0 aliphatic carbocycles. The van der Waals surface area contributed by atoms with Crippen LogP contribution in [0.2, 0.25) is 0 Å². The van der Waals surface area contributed by atoms with E-state index in [1.54, 1.807) is 0 Å². The number of likely N-dealkylation sites (tertiary alicyclic amines) is 1. The normalized spacial score (nSPS) is 16.2. The summed E-state index contributed by atoms with van der Waals surface area (Å²) in [6.45, 7) is 11.5. The summed E-state index contributed by atoms with van der Waals surface area (Å²) in [7, 11) is 0. The van der Waals surface area contributed by atoms with Crippen molar-refractivity contribution >= 4 is 22.8 Å². The third-order valence-electron chi connectivity index (χ3n) is 6.30. The van der Waals surface area contributed by atoms with Crippen LogP contribution in [0.4, 0.5) is 0 Å². The van der Waals surface area contributed by atoms with Crippen LogP contribution in [0.5, 0.6) is 0 Å². The molecule has 6 nitrogen and oxygen atoms in total. The molecule has 2 amide bonds. The second kappa shape index (κ2) is 10.4. The Hall–Kier alpha value is -3.15. The van der Waals surface area contributed by atoms with E-state index in [-0.39, 0.29) is 24.3 Å². The summed E-state index contributed by atoms with van der Waals surface area (Å²) in [6, 6.07) is 18.0. The number of rotatable bonds is 9. The molecular formula is C28H36N4O2. The van der Waals surface area contributed by atoms with Gasteiger partial charge < -0.3 is 14.4 Å². The lowest BCUT2D eigenvalue weighted by molar-refractivity contribution is -0.133. The van der Waals surface area contributed by atoms with Gasteiger partial charge in [0.15, 0.2) is 0 Å². The minimum Gasteiger partial charge on any atom is -0.341 e. The topological polar surface area (TPSA) is 58.4 Å². The fraction of sp³-hybridized carbons (Fsp3) is 0.464. The van der Waals surface area contributed by atoms with E-state index >= 15 is 0 Å². The van der Waals surface area contributed by atoms with Crippen molar-refractivity contribution in [2.24, 2.45) is 11.8 Å². The monoisotopic (exact) mass is 460 g/mol. The summed E-state index contributed by atoms with van der Waals surface area (Å²) in [5, 5.41) is 0. The zero-order valence-corrected chi connectivity index (χ0v) is 20.8. The van der Waals surface area contributed by atoms with Crippen molar-refractivity contribution in [2.75, 3.05) is 19.6 Å². The average molecular weight is 461 g/mol. The highest BCUT2D eigenvalue weighted by molar-refractivity contribution is 5.83. The maximum atomic E-state index is 13.5. The number of benzene rings is 2. The lowest BCUT2D eigenvalue weighted by atomic mass is 10.1. The number of aromatic nitrogens is 2. The highest BCUT2D eigenvalue weighted by atomic mass is 16.2. The highest BCUT2D eigenvalue weighted by Crippen LogP contribution is 2.31. The van der Waals surface area contributed by atoms with Crippen LogP contribution in [-0.4, -0.2) is 50.8 Å². The van der Waals surface area contributed by atoms with E-state index in [2.05, 4.69) is 32.3 Å². The van der Waals surface area contributed by atoms with E-state index in [0.29, 0.717) is 31.3 Å². The van der Waals surface area contributed by atoms with Gasteiger partial charge in [-0.15, -0.1) is 0 Å². The van der Waals surface area contributed by atoms with Crippen LogP contribution in [0.3, 0.4) is 0 Å². The number of fused-ring (bicyclic) bond motifs is 1. The van der Waals surface area contributed by atoms with Crippen molar-refractivity contribution in [3.63, 3.8) is 0 Å². The Morgan fingerprint density at radius 1 is 1.00 bits per heavy atom. The Morgan fingerprint density at radius 2 is 1.65 bits per heavy atom. The maximum absolute atomic E-state index is 13.5. The van der Waals surface area contributed by atoms with Gasteiger partial charge in [0, 0.05) is 38.5 Å². The largest absolute Gasteiger partial charge is 0.341 e.